The Kier molecular flexibility index (Phi) is 3.24. The third-order valence-corrected chi connectivity index (χ3v) is 2.52. The number of rotatable bonds is 2. The molecule has 1 rings (SSSR count). The normalized spacial score (nSPS) is 14.7. The second-order valence-electron chi connectivity index (χ2n) is 5.55. The molecule has 1 aromatic rings. The minimum atomic E-state index is -0.423. The Morgan fingerprint density at radius 3 is 2.27 bits per heavy atom. The fourth-order valence-electron chi connectivity index (χ4n) is 1.67. The summed E-state index contributed by atoms with van der Waals surface area (Å²) >= 11 is 0. The lowest BCUT2D eigenvalue weighted by Gasteiger charge is -2.21. The van der Waals surface area contributed by atoms with E-state index in [2.05, 4.69) is 25.9 Å². The van der Waals surface area contributed by atoms with Crippen LogP contribution in [0.2, 0.25) is 0 Å². The minimum absolute atomic E-state index is 0.0214. The number of hydrogen-bond donors (Lipinski definition) is 1. The third kappa shape index (κ3) is 2.59. The summed E-state index contributed by atoms with van der Waals surface area (Å²) in [5.74, 6) is 0.218. The zero-order chi connectivity index (χ0) is 11.8. The highest BCUT2D eigenvalue weighted by atomic mass is 16.3. The topological polar surface area (TPSA) is 38.0 Å². The first-order valence-electron chi connectivity index (χ1n) is 5.45. The summed E-state index contributed by atoms with van der Waals surface area (Å²) < 4.78 is 1.78. The lowest BCUT2D eigenvalue weighted by molar-refractivity contribution is 0.125. The number of aliphatic hydroxyl groups excluding tert-OH is 1. The summed E-state index contributed by atoms with van der Waals surface area (Å²) in [5.41, 5.74) is 1.93. The Labute approximate surface area is 92.1 Å². The van der Waals surface area contributed by atoms with Gasteiger partial charge in [0.05, 0.1) is 11.8 Å². The van der Waals surface area contributed by atoms with E-state index in [1.807, 2.05) is 27.1 Å². The van der Waals surface area contributed by atoms with Gasteiger partial charge in [-0.15, -0.1) is 0 Å². The fourth-order valence-corrected chi connectivity index (χ4v) is 1.67. The van der Waals surface area contributed by atoms with Gasteiger partial charge in [0.2, 0.25) is 0 Å². The smallest absolute Gasteiger partial charge is 0.0846 e. The van der Waals surface area contributed by atoms with Crippen LogP contribution in [0.3, 0.4) is 0 Å². The van der Waals surface area contributed by atoms with Crippen LogP contribution in [0.1, 0.15) is 52.0 Å². The van der Waals surface area contributed by atoms with Crippen molar-refractivity contribution < 1.29 is 5.11 Å². The molecule has 0 fully saturated rings. The van der Waals surface area contributed by atoms with Gasteiger partial charge >= 0.3 is 0 Å². The van der Waals surface area contributed by atoms with Gasteiger partial charge in [-0.2, -0.15) is 5.10 Å². The van der Waals surface area contributed by atoms with E-state index in [1.165, 1.54) is 0 Å². The molecule has 1 heterocycles. The summed E-state index contributed by atoms with van der Waals surface area (Å²) in [6.07, 6.45) is 1.50. The van der Waals surface area contributed by atoms with Gasteiger partial charge < -0.3 is 5.11 Å². The van der Waals surface area contributed by atoms with Crippen molar-refractivity contribution in [3.63, 3.8) is 0 Å². The van der Waals surface area contributed by atoms with Crippen LogP contribution in [-0.4, -0.2) is 14.9 Å². The molecule has 0 saturated heterocycles. The average Bonchev–Trinajstić information content (AvgIpc) is 2.44. The second-order valence-corrected chi connectivity index (χ2v) is 5.55. The molecule has 15 heavy (non-hydrogen) atoms. The molecule has 0 spiro atoms. The lowest BCUT2D eigenvalue weighted by Crippen LogP contribution is -2.17. The van der Waals surface area contributed by atoms with Gasteiger partial charge in [0, 0.05) is 24.2 Å². The summed E-state index contributed by atoms with van der Waals surface area (Å²) in [5, 5.41) is 14.5. The predicted molar refractivity (Wildman–Crippen MR) is 61.7 cm³/mol. The van der Waals surface area contributed by atoms with Gasteiger partial charge in [0.1, 0.15) is 0 Å². The summed E-state index contributed by atoms with van der Waals surface area (Å²) in [7, 11) is 1.89. The van der Waals surface area contributed by atoms with Gasteiger partial charge in [0.25, 0.3) is 0 Å². The van der Waals surface area contributed by atoms with E-state index < -0.39 is 6.10 Å². The van der Waals surface area contributed by atoms with Gasteiger partial charge in [0.15, 0.2) is 0 Å². The number of nitrogens with zero attached hydrogens (tertiary/aromatic N) is 2. The number of aryl methyl sites for hydroxylation is 1. The molecular formula is C12H22N2O. The summed E-state index contributed by atoms with van der Waals surface area (Å²) in [4.78, 5) is 0. The fraction of sp³-hybridized carbons (Fsp3) is 0.750. The van der Waals surface area contributed by atoms with Crippen molar-refractivity contribution in [2.45, 2.75) is 46.1 Å². The van der Waals surface area contributed by atoms with Crippen LogP contribution in [0.5, 0.6) is 0 Å². The maximum absolute atomic E-state index is 10.1. The Morgan fingerprint density at radius 1 is 1.33 bits per heavy atom. The van der Waals surface area contributed by atoms with Crippen molar-refractivity contribution in [2.75, 3.05) is 0 Å². The van der Waals surface area contributed by atoms with Crippen LogP contribution in [0.4, 0.5) is 0 Å². The largest absolute Gasteiger partial charge is 0.388 e. The third-order valence-electron chi connectivity index (χ3n) is 2.52. The molecule has 0 saturated carbocycles. The van der Waals surface area contributed by atoms with Crippen LogP contribution in [0.25, 0.3) is 0 Å². The van der Waals surface area contributed by atoms with Crippen LogP contribution in [0, 0.1) is 5.92 Å². The molecule has 86 valence electrons. The van der Waals surface area contributed by atoms with E-state index in [9.17, 15) is 5.11 Å². The van der Waals surface area contributed by atoms with Crippen molar-refractivity contribution >= 4 is 0 Å². The molecule has 0 amide bonds. The molecule has 3 heteroatoms. The molecule has 0 aliphatic carbocycles. The molecule has 3 nitrogen and oxygen atoms in total. The monoisotopic (exact) mass is 210 g/mol. The molecule has 1 N–H and O–H groups in total. The Bertz CT molecular complexity index is 334. The van der Waals surface area contributed by atoms with E-state index in [1.54, 1.807) is 4.68 Å². The van der Waals surface area contributed by atoms with Crippen molar-refractivity contribution in [3.05, 3.63) is 17.5 Å². The van der Waals surface area contributed by atoms with E-state index in [4.69, 9.17) is 0 Å². The van der Waals surface area contributed by atoms with Crippen LogP contribution < -0.4 is 0 Å². The zero-order valence-electron chi connectivity index (χ0n) is 10.6. The first-order valence-corrected chi connectivity index (χ1v) is 5.45. The SMILES string of the molecule is CC(C)C(O)c1cn(C)nc1C(C)(C)C. The van der Waals surface area contributed by atoms with Crippen molar-refractivity contribution in [3.8, 4) is 0 Å². The molecule has 1 atom stereocenters. The molecule has 1 unspecified atom stereocenters. The minimum Gasteiger partial charge on any atom is -0.388 e. The van der Waals surface area contributed by atoms with Gasteiger partial charge in [-0.1, -0.05) is 34.6 Å². The summed E-state index contributed by atoms with van der Waals surface area (Å²) in [6, 6.07) is 0. The van der Waals surface area contributed by atoms with Crippen LogP contribution in [-0.2, 0) is 12.5 Å². The molecule has 1 aromatic heterocycles. The van der Waals surface area contributed by atoms with Crippen molar-refractivity contribution in [1.82, 2.24) is 9.78 Å². The highest BCUT2D eigenvalue weighted by molar-refractivity contribution is 5.26. The van der Waals surface area contributed by atoms with Gasteiger partial charge in [-0.3, -0.25) is 4.68 Å². The van der Waals surface area contributed by atoms with Crippen LogP contribution >= 0.6 is 0 Å². The molecule has 0 aliphatic heterocycles. The number of aliphatic hydroxyl groups is 1. The van der Waals surface area contributed by atoms with Crippen LogP contribution in [0.15, 0.2) is 6.20 Å². The summed E-state index contributed by atoms with van der Waals surface area (Å²) in [6.45, 7) is 10.4. The molecule has 0 radical (unpaired) electrons. The van der Waals surface area contributed by atoms with Gasteiger partial charge in [-0.25, -0.2) is 0 Å². The van der Waals surface area contributed by atoms with E-state index in [0.29, 0.717) is 0 Å². The quantitative estimate of drug-likeness (QED) is 0.814. The van der Waals surface area contributed by atoms with Crippen molar-refractivity contribution in [2.24, 2.45) is 13.0 Å². The Balaban J connectivity index is 3.18. The first-order chi connectivity index (χ1) is 6.73. The molecular weight excluding hydrogens is 188 g/mol. The number of hydrogen-bond acceptors (Lipinski definition) is 2. The Morgan fingerprint density at radius 2 is 1.87 bits per heavy atom. The number of aromatic nitrogens is 2. The zero-order valence-corrected chi connectivity index (χ0v) is 10.6. The lowest BCUT2D eigenvalue weighted by atomic mass is 9.86. The Hall–Kier alpha value is -0.830. The maximum atomic E-state index is 10.1. The second kappa shape index (κ2) is 3.97. The van der Waals surface area contributed by atoms with Gasteiger partial charge in [-0.05, 0) is 5.92 Å². The van der Waals surface area contributed by atoms with Crippen molar-refractivity contribution in [1.29, 1.82) is 0 Å². The molecule has 0 aliphatic rings. The molecule has 0 aromatic carbocycles. The predicted octanol–water partition coefficient (Wildman–Crippen LogP) is 2.41. The van der Waals surface area contributed by atoms with E-state index in [-0.39, 0.29) is 11.3 Å². The van der Waals surface area contributed by atoms with E-state index >= 15 is 0 Å². The molecule has 0 bridgehead atoms. The van der Waals surface area contributed by atoms with E-state index in [0.717, 1.165) is 11.3 Å². The average molecular weight is 210 g/mol. The maximum Gasteiger partial charge on any atom is 0.0846 e. The highest BCUT2D eigenvalue weighted by Crippen LogP contribution is 2.31. The first kappa shape index (κ1) is 12.2. The highest BCUT2D eigenvalue weighted by Gasteiger charge is 2.26. The standard InChI is InChI=1S/C12H22N2O/c1-8(2)10(15)9-7-14(6)13-11(9)12(3,4)5/h7-8,10,15H,1-6H3.